The minimum Gasteiger partial charge on any atom is -0.495 e. The molecule has 2 aromatic carbocycles. The minimum absolute atomic E-state index is 0.181. The van der Waals surface area contributed by atoms with Crippen molar-refractivity contribution in [3.8, 4) is 5.75 Å². The summed E-state index contributed by atoms with van der Waals surface area (Å²) in [4.78, 5) is 11.5. The monoisotopic (exact) mass is 402 g/mol. The fraction of sp³-hybridized carbons (Fsp3) is 0.381. The molecule has 1 fully saturated rings. The van der Waals surface area contributed by atoms with Gasteiger partial charge >= 0.3 is 0 Å². The van der Waals surface area contributed by atoms with Crippen molar-refractivity contribution in [1.29, 1.82) is 0 Å². The van der Waals surface area contributed by atoms with Crippen molar-refractivity contribution in [3.05, 3.63) is 54.1 Å². The highest BCUT2D eigenvalue weighted by molar-refractivity contribution is 7.89. The van der Waals surface area contributed by atoms with E-state index < -0.39 is 10.0 Å². The molecule has 0 saturated carbocycles. The molecular weight excluding hydrogens is 376 g/mol. The van der Waals surface area contributed by atoms with Crippen molar-refractivity contribution in [3.63, 3.8) is 0 Å². The molecule has 0 spiro atoms. The van der Waals surface area contributed by atoms with E-state index in [1.165, 1.54) is 31.7 Å². The first-order valence-electron chi connectivity index (χ1n) is 9.40. The summed E-state index contributed by atoms with van der Waals surface area (Å²) in [5.74, 6) is 0.579. The van der Waals surface area contributed by atoms with Crippen LogP contribution in [0.15, 0.2) is 53.4 Å². The molecule has 1 amide bonds. The number of carbonyl (C=O) groups excluding carboxylic acids is 1. The number of rotatable bonds is 6. The smallest absolute Gasteiger partial charge is 0.243 e. The van der Waals surface area contributed by atoms with Crippen LogP contribution < -0.4 is 10.1 Å². The van der Waals surface area contributed by atoms with Gasteiger partial charge in [-0.1, -0.05) is 30.3 Å². The number of benzene rings is 2. The van der Waals surface area contributed by atoms with Crippen LogP contribution in [0.2, 0.25) is 0 Å². The number of nitrogens with zero attached hydrogens (tertiary/aromatic N) is 1. The summed E-state index contributed by atoms with van der Waals surface area (Å²) in [6, 6.07) is 14.9. The molecule has 1 aliphatic heterocycles. The number of piperidine rings is 1. The zero-order valence-corrected chi connectivity index (χ0v) is 17.0. The fourth-order valence-electron chi connectivity index (χ4n) is 3.58. The SMILES string of the molecule is COc1cc(S(=O)(=O)N2CCC(Cc3ccccc3)CC2)ccc1NC(C)=O. The van der Waals surface area contributed by atoms with Crippen molar-refractivity contribution < 1.29 is 17.9 Å². The van der Waals surface area contributed by atoms with Crippen molar-refractivity contribution in [2.75, 3.05) is 25.5 Å². The van der Waals surface area contributed by atoms with E-state index in [0.29, 0.717) is 30.4 Å². The van der Waals surface area contributed by atoms with E-state index in [9.17, 15) is 13.2 Å². The van der Waals surface area contributed by atoms with Gasteiger partial charge in [-0.2, -0.15) is 4.31 Å². The lowest BCUT2D eigenvalue weighted by Gasteiger charge is -2.31. The second kappa shape index (κ2) is 8.75. The molecule has 1 aliphatic rings. The Hall–Kier alpha value is -2.38. The summed E-state index contributed by atoms with van der Waals surface area (Å²) in [7, 11) is -2.14. The molecule has 6 nitrogen and oxygen atoms in total. The lowest BCUT2D eigenvalue weighted by Crippen LogP contribution is -2.38. The first-order chi connectivity index (χ1) is 13.4. The third kappa shape index (κ3) is 4.72. The number of amides is 1. The second-order valence-electron chi connectivity index (χ2n) is 7.08. The average Bonchev–Trinajstić information content (AvgIpc) is 2.69. The van der Waals surface area contributed by atoms with Crippen LogP contribution in [0.4, 0.5) is 5.69 Å². The van der Waals surface area contributed by atoms with Crippen molar-refractivity contribution in [2.45, 2.75) is 31.1 Å². The van der Waals surface area contributed by atoms with E-state index in [1.807, 2.05) is 18.2 Å². The van der Waals surface area contributed by atoms with E-state index in [1.54, 1.807) is 10.4 Å². The third-order valence-corrected chi connectivity index (χ3v) is 6.96. The zero-order chi connectivity index (χ0) is 20.1. The Morgan fingerprint density at radius 1 is 1.14 bits per heavy atom. The summed E-state index contributed by atoms with van der Waals surface area (Å²) >= 11 is 0. The summed E-state index contributed by atoms with van der Waals surface area (Å²) in [6.07, 6.45) is 2.67. The van der Waals surface area contributed by atoms with Crippen LogP contribution in [-0.2, 0) is 21.2 Å². The zero-order valence-electron chi connectivity index (χ0n) is 16.2. The van der Waals surface area contributed by atoms with Gasteiger partial charge in [0.25, 0.3) is 0 Å². The summed E-state index contributed by atoms with van der Waals surface area (Å²) in [5, 5.41) is 2.64. The topological polar surface area (TPSA) is 75.7 Å². The van der Waals surface area contributed by atoms with Crippen LogP contribution in [0.1, 0.15) is 25.3 Å². The Morgan fingerprint density at radius 3 is 2.43 bits per heavy atom. The summed E-state index contributed by atoms with van der Waals surface area (Å²) < 4.78 is 32.9. The highest BCUT2D eigenvalue weighted by Crippen LogP contribution is 2.31. The number of anilines is 1. The standard InChI is InChI=1S/C21H26N2O4S/c1-16(24)22-20-9-8-19(15-21(20)27-2)28(25,26)23-12-10-18(11-13-23)14-17-6-4-3-5-7-17/h3-9,15,18H,10-14H2,1-2H3,(H,22,24). The maximum absolute atomic E-state index is 13.0. The predicted octanol–water partition coefficient (Wildman–Crippen LogP) is 3.30. The number of methoxy groups -OCH3 is 1. The number of ether oxygens (including phenoxy) is 1. The molecule has 0 bridgehead atoms. The van der Waals surface area contributed by atoms with Gasteiger partial charge in [0.05, 0.1) is 17.7 Å². The fourth-order valence-corrected chi connectivity index (χ4v) is 5.06. The van der Waals surface area contributed by atoms with Crippen molar-refractivity contribution >= 4 is 21.6 Å². The normalized spacial score (nSPS) is 15.9. The number of sulfonamides is 1. The third-order valence-electron chi connectivity index (χ3n) is 5.06. The van der Waals surface area contributed by atoms with Gasteiger partial charge in [-0.05, 0) is 42.9 Å². The van der Waals surface area contributed by atoms with Crippen LogP contribution in [-0.4, -0.2) is 38.8 Å². The largest absolute Gasteiger partial charge is 0.495 e. The maximum Gasteiger partial charge on any atom is 0.243 e. The van der Waals surface area contributed by atoms with Gasteiger partial charge < -0.3 is 10.1 Å². The molecule has 1 saturated heterocycles. The van der Waals surface area contributed by atoms with Gasteiger partial charge in [-0.3, -0.25) is 4.79 Å². The molecule has 2 aromatic rings. The van der Waals surface area contributed by atoms with E-state index in [4.69, 9.17) is 4.74 Å². The van der Waals surface area contributed by atoms with E-state index >= 15 is 0 Å². The van der Waals surface area contributed by atoms with E-state index in [2.05, 4.69) is 17.4 Å². The van der Waals surface area contributed by atoms with E-state index in [0.717, 1.165) is 19.3 Å². The predicted molar refractivity (Wildman–Crippen MR) is 109 cm³/mol. The Kier molecular flexibility index (Phi) is 6.36. The van der Waals surface area contributed by atoms with Crippen LogP contribution in [0.25, 0.3) is 0 Å². The second-order valence-corrected chi connectivity index (χ2v) is 9.02. The molecule has 0 aromatic heterocycles. The van der Waals surface area contributed by atoms with Crippen molar-refractivity contribution in [1.82, 2.24) is 4.31 Å². The molecule has 28 heavy (non-hydrogen) atoms. The first kappa shape index (κ1) is 20.4. The first-order valence-corrected chi connectivity index (χ1v) is 10.8. The van der Waals surface area contributed by atoms with Gasteiger partial charge in [0.1, 0.15) is 5.75 Å². The number of hydrogen-bond donors (Lipinski definition) is 1. The molecule has 1 heterocycles. The highest BCUT2D eigenvalue weighted by Gasteiger charge is 2.30. The molecular formula is C21H26N2O4S. The minimum atomic E-state index is -3.60. The molecule has 0 radical (unpaired) electrons. The van der Waals surface area contributed by atoms with Gasteiger partial charge in [-0.15, -0.1) is 0 Å². The Morgan fingerprint density at radius 2 is 1.82 bits per heavy atom. The molecule has 0 atom stereocenters. The Labute approximate surface area is 166 Å². The van der Waals surface area contributed by atoms with Crippen LogP contribution >= 0.6 is 0 Å². The summed E-state index contributed by atoms with van der Waals surface area (Å²) in [5.41, 5.74) is 1.75. The quantitative estimate of drug-likeness (QED) is 0.804. The summed E-state index contributed by atoms with van der Waals surface area (Å²) in [6.45, 7) is 2.41. The van der Waals surface area contributed by atoms with Crippen LogP contribution in [0, 0.1) is 5.92 Å². The lowest BCUT2D eigenvalue weighted by molar-refractivity contribution is -0.114. The molecule has 1 N–H and O–H groups in total. The van der Waals surface area contributed by atoms with Gasteiger partial charge in [0.2, 0.25) is 15.9 Å². The Balaban J connectivity index is 1.69. The maximum atomic E-state index is 13.0. The molecule has 7 heteroatoms. The molecule has 0 unspecified atom stereocenters. The number of carbonyl (C=O) groups is 1. The Bertz CT molecular complexity index is 921. The lowest BCUT2D eigenvalue weighted by atomic mass is 9.91. The van der Waals surface area contributed by atoms with Crippen molar-refractivity contribution in [2.24, 2.45) is 5.92 Å². The molecule has 0 aliphatic carbocycles. The number of nitrogens with one attached hydrogen (secondary N) is 1. The van der Waals surface area contributed by atoms with Gasteiger partial charge in [-0.25, -0.2) is 8.42 Å². The van der Waals surface area contributed by atoms with Gasteiger partial charge in [0.15, 0.2) is 0 Å². The number of hydrogen-bond acceptors (Lipinski definition) is 4. The molecule has 3 rings (SSSR count). The van der Waals surface area contributed by atoms with Crippen LogP contribution in [0.3, 0.4) is 0 Å². The molecule has 150 valence electrons. The van der Waals surface area contributed by atoms with E-state index in [-0.39, 0.29) is 10.8 Å². The van der Waals surface area contributed by atoms with Gasteiger partial charge in [0, 0.05) is 26.1 Å². The highest BCUT2D eigenvalue weighted by atomic mass is 32.2. The average molecular weight is 403 g/mol. The van der Waals surface area contributed by atoms with Crippen LogP contribution in [0.5, 0.6) is 5.75 Å².